The van der Waals surface area contributed by atoms with Gasteiger partial charge in [0.05, 0.1) is 10.3 Å². The van der Waals surface area contributed by atoms with Gasteiger partial charge in [-0.3, -0.25) is 14.9 Å². The molecule has 1 atom stereocenters. The van der Waals surface area contributed by atoms with Crippen molar-refractivity contribution in [3.63, 3.8) is 0 Å². The van der Waals surface area contributed by atoms with Gasteiger partial charge < -0.3 is 29.6 Å². The number of hydrogen-bond donors (Lipinski definition) is 3. The zero-order valence-electron chi connectivity index (χ0n) is 19.0. The highest BCUT2D eigenvalue weighted by Gasteiger charge is 2.27. The molecule has 186 valence electrons. The van der Waals surface area contributed by atoms with Crippen LogP contribution in [-0.4, -0.2) is 22.4 Å². The Kier molecular flexibility index (Phi) is 6.17. The van der Waals surface area contributed by atoms with Crippen molar-refractivity contribution in [2.24, 2.45) is 0 Å². The molecule has 37 heavy (non-hydrogen) atoms. The summed E-state index contributed by atoms with van der Waals surface area (Å²) in [6.07, 6.45) is 1.10. The summed E-state index contributed by atoms with van der Waals surface area (Å²) >= 11 is 0. The molecular weight excluding hydrogens is 482 g/mol. The summed E-state index contributed by atoms with van der Waals surface area (Å²) in [5, 5.41) is 26.4. The van der Waals surface area contributed by atoms with E-state index < -0.39 is 28.4 Å². The molecule has 4 aromatic rings. The zero-order valence-corrected chi connectivity index (χ0v) is 19.0. The standard InChI is InChI=1S/C26H19N3O8/c30-23-19-13-17(28-26(32)27-16-6-9-18(10-7-16)29(33)34)8-11-20(19)37-25(24(23)31)21-14-35-22(36-21)12-15-4-2-1-3-5-15/h1-11,13-14,22,31H,12H2,(H2,27,28,32). The monoisotopic (exact) mass is 501 g/mol. The summed E-state index contributed by atoms with van der Waals surface area (Å²) < 4.78 is 17.0. The van der Waals surface area contributed by atoms with E-state index in [4.69, 9.17) is 13.9 Å². The lowest BCUT2D eigenvalue weighted by molar-refractivity contribution is -0.384. The Morgan fingerprint density at radius 1 is 1.00 bits per heavy atom. The Morgan fingerprint density at radius 3 is 2.43 bits per heavy atom. The third-order valence-corrected chi connectivity index (χ3v) is 5.51. The number of nitrogens with zero attached hydrogens (tertiary/aromatic N) is 1. The van der Waals surface area contributed by atoms with E-state index >= 15 is 0 Å². The van der Waals surface area contributed by atoms with E-state index in [1.54, 1.807) is 0 Å². The first-order valence-corrected chi connectivity index (χ1v) is 11.1. The zero-order chi connectivity index (χ0) is 25.9. The molecule has 1 aromatic heterocycles. The van der Waals surface area contributed by atoms with Gasteiger partial charge in [-0.1, -0.05) is 30.3 Å². The molecule has 0 aliphatic carbocycles. The van der Waals surface area contributed by atoms with Crippen LogP contribution >= 0.6 is 0 Å². The number of nitro benzene ring substituents is 1. The van der Waals surface area contributed by atoms with Gasteiger partial charge >= 0.3 is 6.03 Å². The molecule has 0 bridgehead atoms. The minimum atomic E-state index is -0.716. The molecule has 1 aliphatic heterocycles. The average molecular weight is 501 g/mol. The van der Waals surface area contributed by atoms with Crippen LogP contribution in [0.1, 0.15) is 11.3 Å². The quantitative estimate of drug-likeness (QED) is 0.247. The number of urea groups is 1. The number of fused-ring (bicyclic) bond motifs is 1. The fourth-order valence-corrected chi connectivity index (χ4v) is 3.73. The summed E-state index contributed by atoms with van der Waals surface area (Å²) in [5.41, 5.74) is 0.923. The normalized spacial score (nSPS) is 14.4. The molecule has 1 unspecified atom stereocenters. The highest BCUT2D eigenvalue weighted by Crippen LogP contribution is 2.33. The minimum absolute atomic E-state index is 0.0368. The first-order chi connectivity index (χ1) is 17.9. The Hall–Kier alpha value is -5.32. The van der Waals surface area contributed by atoms with E-state index in [1.807, 2.05) is 30.3 Å². The highest BCUT2D eigenvalue weighted by atomic mass is 16.7. The van der Waals surface area contributed by atoms with Gasteiger partial charge in [-0.15, -0.1) is 0 Å². The fourth-order valence-electron chi connectivity index (χ4n) is 3.73. The topological polar surface area (TPSA) is 153 Å². The molecule has 11 nitrogen and oxygen atoms in total. The van der Waals surface area contributed by atoms with Gasteiger partial charge in [-0.2, -0.15) is 0 Å². The fraction of sp³-hybridized carbons (Fsp3) is 0.0769. The molecule has 0 saturated carbocycles. The maximum Gasteiger partial charge on any atom is 0.323 e. The van der Waals surface area contributed by atoms with Crippen LogP contribution in [0.5, 0.6) is 5.75 Å². The van der Waals surface area contributed by atoms with E-state index in [-0.39, 0.29) is 33.9 Å². The summed E-state index contributed by atoms with van der Waals surface area (Å²) in [5.74, 6) is -0.734. The van der Waals surface area contributed by atoms with E-state index in [1.165, 1.54) is 48.7 Å². The van der Waals surface area contributed by atoms with Gasteiger partial charge in [-0.25, -0.2) is 4.79 Å². The van der Waals surface area contributed by atoms with Crippen molar-refractivity contribution in [3.8, 4) is 5.75 Å². The molecule has 2 amide bonds. The molecular formula is C26H19N3O8. The SMILES string of the molecule is O=C(Nc1ccc([N+](=O)[O-])cc1)Nc1ccc2oc(C3=COC(Cc4ccccc4)O3)c(O)c(=O)c2c1. The number of hydrogen-bond acceptors (Lipinski definition) is 8. The van der Waals surface area contributed by atoms with Crippen molar-refractivity contribution < 1.29 is 28.7 Å². The van der Waals surface area contributed by atoms with Crippen LogP contribution in [0.3, 0.4) is 0 Å². The van der Waals surface area contributed by atoms with Crippen molar-refractivity contribution in [1.29, 1.82) is 0 Å². The number of rotatable bonds is 6. The summed E-state index contributed by atoms with van der Waals surface area (Å²) in [4.78, 5) is 35.4. The van der Waals surface area contributed by atoms with E-state index in [0.29, 0.717) is 12.1 Å². The first-order valence-electron chi connectivity index (χ1n) is 11.1. The van der Waals surface area contributed by atoms with Crippen LogP contribution in [-0.2, 0) is 15.9 Å². The van der Waals surface area contributed by atoms with Gasteiger partial charge in [-0.05, 0) is 35.9 Å². The third kappa shape index (κ3) is 5.05. The number of non-ortho nitro benzene ring substituents is 1. The number of ether oxygens (including phenoxy) is 2. The van der Waals surface area contributed by atoms with Crippen molar-refractivity contribution in [2.45, 2.75) is 12.7 Å². The molecule has 2 heterocycles. The summed E-state index contributed by atoms with van der Waals surface area (Å²) in [6.45, 7) is 0. The number of carbonyl (C=O) groups excluding carboxylic acids is 1. The van der Waals surface area contributed by atoms with Crippen LogP contribution < -0.4 is 16.1 Å². The van der Waals surface area contributed by atoms with Gasteiger partial charge in [0.25, 0.3) is 5.69 Å². The summed E-state index contributed by atoms with van der Waals surface area (Å²) in [6, 6.07) is 18.6. The molecule has 0 saturated heterocycles. The Morgan fingerprint density at radius 2 is 1.70 bits per heavy atom. The number of nitrogens with one attached hydrogen (secondary N) is 2. The molecule has 3 N–H and O–H groups in total. The van der Waals surface area contributed by atoms with E-state index in [9.17, 15) is 24.8 Å². The van der Waals surface area contributed by atoms with Gasteiger partial charge in [0.2, 0.25) is 29.0 Å². The molecule has 0 spiro atoms. The van der Waals surface area contributed by atoms with Crippen molar-refractivity contribution in [1.82, 2.24) is 0 Å². The van der Waals surface area contributed by atoms with Crippen LogP contribution in [0, 0.1) is 10.1 Å². The molecule has 11 heteroatoms. The lowest BCUT2D eigenvalue weighted by Gasteiger charge is -2.12. The second-order valence-corrected chi connectivity index (χ2v) is 8.06. The van der Waals surface area contributed by atoms with Crippen LogP contribution in [0.25, 0.3) is 16.7 Å². The molecule has 3 aromatic carbocycles. The maximum atomic E-state index is 12.9. The number of amides is 2. The Bertz CT molecular complexity index is 1580. The first kappa shape index (κ1) is 23.4. The second-order valence-electron chi connectivity index (χ2n) is 8.06. The number of benzene rings is 3. The van der Waals surface area contributed by atoms with Gasteiger partial charge in [0.1, 0.15) is 11.8 Å². The van der Waals surface area contributed by atoms with E-state index in [2.05, 4.69) is 10.6 Å². The Labute approximate surface area is 208 Å². The van der Waals surface area contributed by atoms with Crippen molar-refractivity contribution in [2.75, 3.05) is 10.6 Å². The number of anilines is 2. The van der Waals surface area contributed by atoms with Crippen LogP contribution in [0.15, 0.2) is 88.3 Å². The van der Waals surface area contributed by atoms with Crippen LogP contribution in [0.4, 0.5) is 21.9 Å². The number of aromatic hydroxyl groups is 1. The molecule has 0 fully saturated rings. The lowest BCUT2D eigenvalue weighted by Crippen LogP contribution is -2.19. The van der Waals surface area contributed by atoms with Crippen molar-refractivity contribution >= 4 is 39.8 Å². The largest absolute Gasteiger partial charge is 0.501 e. The third-order valence-electron chi connectivity index (χ3n) is 5.51. The number of nitro groups is 1. The average Bonchev–Trinajstić information content (AvgIpc) is 3.35. The smallest absolute Gasteiger partial charge is 0.323 e. The second kappa shape index (κ2) is 9.74. The molecule has 0 radical (unpaired) electrons. The number of carbonyl (C=O) groups is 1. The molecule has 1 aliphatic rings. The predicted octanol–water partition coefficient (Wildman–Crippen LogP) is 4.96. The minimum Gasteiger partial charge on any atom is -0.501 e. The predicted molar refractivity (Wildman–Crippen MR) is 134 cm³/mol. The maximum absolute atomic E-state index is 12.9. The highest BCUT2D eigenvalue weighted by molar-refractivity contribution is 6.01. The molecule has 5 rings (SSSR count). The van der Waals surface area contributed by atoms with Crippen molar-refractivity contribution in [3.05, 3.63) is 111 Å². The summed E-state index contributed by atoms with van der Waals surface area (Å²) in [7, 11) is 0. The lowest BCUT2D eigenvalue weighted by atomic mass is 10.1. The van der Waals surface area contributed by atoms with E-state index in [0.717, 1.165) is 5.56 Å². The van der Waals surface area contributed by atoms with Gasteiger partial charge in [0.15, 0.2) is 0 Å². The van der Waals surface area contributed by atoms with Gasteiger partial charge in [0, 0.05) is 29.9 Å². The van der Waals surface area contributed by atoms with Crippen LogP contribution in [0.2, 0.25) is 0 Å². The Balaban J connectivity index is 1.30.